The maximum Gasteiger partial charge on any atom is 0.0992 e. The SMILES string of the molecule is CN(CC(O)CN)c1cccc(C#N)c1. The van der Waals surface area contributed by atoms with Crippen LogP contribution in [0.25, 0.3) is 0 Å². The zero-order valence-electron chi connectivity index (χ0n) is 8.72. The van der Waals surface area contributed by atoms with Crippen LogP contribution in [0, 0.1) is 11.3 Å². The van der Waals surface area contributed by atoms with Crippen molar-refractivity contribution in [3.8, 4) is 6.07 Å². The highest BCUT2D eigenvalue weighted by Crippen LogP contribution is 2.14. The predicted molar refractivity (Wildman–Crippen MR) is 59.5 cm³/mol. The van der Waals surface area contributed by atoms with Gasteiger partial charge in [-0.25, -0.2) is 0 Å². The Bertz CT molecular complexity index is 359. The van der Waals surface area contributed by atoms with Crippen LogP contribution in [0.1, 0.15) is 5.56 Å². The fourth-order valence-electron chi connectivity index (χ4n) is 1.31. The van der Waals surface area contributed by atoms with E-state index in [9.17, 15) is 5.11 Å². The number of aliphatic hydroxyl groups is 1. The molecule has 0 spiro atoms. The average Bonchev–Trinajstić information content (AvgIpc) is 2.28. The first-order chi connectivity index (χ1) is 7.17. The first-order valence-corrected chi connectivity index (χ1v) is 4.76. The van der Waals surface area contributed by atoms with Gasteiger partial charge in [0.2, 0.25) is 0 Å². The molecule has 4 heteroatoms. The number of nitrogens with two attached hydrogens (primary N) is 1. The molecule has 4 nitrogen and oxygen atoms in total. The summed E-state index contributed by atoms with van der Waals surface area (Å²) in [4.78, 5) is 1.87. The zero-order chi connectivity index (χ0) is 11.3. The van der Waals surface area contributed by atoms with E-state index in [1.807, 2.05) is 24.1 Å². The van der Waals surface area contributed by atoms with Crippen molar-refractivity contribution < 1.29 is 5.11 Å². The van der Waals surface area contributed by atoms with Crippen molar-refractivity contribution in [3.05, 3.63) is 29.8 Å². The van der Waals surface area contributed by atoms with Crippen LogP contribution in [0.5, 0.6) is 0 Å². The van der Waals surface area contributed by atoms with E-state index in [4.69, 9.17) is 11.0 Å². The highest BCUT2D eigenvalue weighted by atomic mass is 16.3. The molecule has 1 aromatic rings. The van der Waals surface area contributed by atoms with Gasteiger partial charge in [-0.1, -0.05) is 6.07 Å². The molecule has 0 bridgehead atoms. The molecule has 0 saturated carbocycles. The molecule has 1 aromatic carbocycles. The number of benzene rings is 1. The van der Waals surface area contributed by atoms with Gasteiger partial charge in [-0.3, -0.25) is 0 Å². The second-order valence-corrected chi connectivity index (χ2v) is 3.43. The first kappa shape index (κ1) is 11.5. The Morgan fingerprint density at radius 1 is 1.60 bits per heavy atom. The Morgan fingerprint density at radius 2 is 2.33 bits per heavy atom. The summed E-state index contributed by atoms with van der Waals surface area (Å²) >= 11 is 0. The van der Waals surface area contributed by atoms with Crippen molar-refractivity contribution in [1.82, 2.24) is 0 Å². The smallest absolute Gasteiger partial charge is 0.0992 e. The molecule has 0 aliphatic carbocycles. The fourth-order valence-corrected chi connectivity index (χ4v) is 1.31. The molecule has 0 saturated heterocycles. The van der Waals surface area contributed by atoms with Crippen LogP contribution in [0.2, 0.25) is 0 Å². The van der Waals surface area contributed by atoms with Crippen LogP contribution in [0.4, 0.5) is 5.69 Å². The van der Waals surface area contributed by atoms with Gasteiger partial charge in [0.25, 0.3) is 0 Å². The molecule has 1 unspecified atom stereocenters. The Kier molecular flexibility index (Phi) is 4.10. The lowest BCUT2D eigenvalue weighted by molar-refractivity contribution is 0.189. The molecule has 0 amide bonds. The molecule has 0 fully saturated rings. The maximum absolute atomic E-state index is 9.38. The number of nitriles is 1. The third kappa shape index (κ3) is 3.24. The van der Waals surface area contributed by atoms with Crippen LogP contribution in [0.3, 0.4) is 0 Å². The quantitative estimate of drug-likeness (QED) is 0.742. The van der Waals surface area contributed by atoms with Crippen molar-refractivity contribution in [2.75, 3.05) is 25.0 Å². The van der Waals surface area contributed by atoms with E-state index in [2.05, 4.69) is 6.07 Å². The van der Waals surface area contributed by atoms with Gasteiger partial charge in [0.05, 0.1) is 17.7 Å². The van der Waals surface area contributed by atoms with Crippen molar-refractivity contribution in [1.29, 1.82) is 5.26 Å². The summed E-state index contributed by atoms with van der Waals surface area (Å²) in [5, 5.41) is 18.1. The third-order valence-corrected chi connectivity index (χ3v) is 2.17. The van der Waals surface area contributed by atoms with Crippen LogP contribution in [0.15, 0.2) is 24.3 Å². The monoisotopic (exact) mass is 205 g/mol. The minimum Gasteiger partial charge on any atom is -0.390 e. The van der Waals surface area contributed by atoms with E-state index in [0.29, 0.717) is 12.1 Å². The molecule has 0 radical (unpaired) electrons. The topological polar surface area (TPSA) is 73.3 Å². The number of hydrogen-bond donors (Lipinski definition) is 2. The lowest BCUT2D eigenvalue weighted by Crippen LogP contribution is -2.34. The minimum absolute atomic E-state index is 0.238. The van der Waals surface area contributed by atoms with Gasteiger partial charge in [-0.05, 0) is 18.2 Å². The highest BCUT2D eigenvalue weighted by Gasteiger charge is 2.07. The lowest BCUT2D eigenvalue weighted by atomic mass is 10.2. The summed E-state index contributed by atoms with van der Waals surface area (Å²) in [6.07, 6.45) is -0.541. The first-order valence-electron chi connectivity index (χ1n) is 4.76. The number of rotatable bonds is 4. The summed E-state index contributed by atoms with van der Waals surface area (Å²) in [7, 11) is 1.86. The molecule has 3 N–H and O–H groups in total. The fraction of sp³-hybridized carbons (Fsp3) is 0.364. The van der Waals surface area contributed by atoms with Crippen molar-refractivity contribution in [2.24, 2.45) is 5.73 Å². The molecular formula is C11H15N3O. The molecule has 0 aliphatic heterocycles. The molecule has 1 atom stereocenters. The zero-order valence-corrected chi connectivity index (χ0v) is 8.72. The lowest BCUT2D eigenvalue weighted by Gasteiger charge is -2.22. The summed E-state index contributed by atoms with van der Waals surface area (Å²) in [5.74, 6) is 0. The maximum atomic E-state index is 9.38. The van der Waals surface area contributed by atoms with Gasteiger partial charge in [0.15, 0.2) is 0 Å². The van der Waals surface area contributed by atoms with E-state index in [-0.39, 0.29) is 6.54 Å². The van der Waals surface area contributed by atoms with Gasteiger partial charge in [-0.2, -0.15) is 5.26 Å². The van der Waals surface area contributed by atoms with Gasteiger partial charge < -0.3 is 15.7 Å². The second-order valence-electron chi connectivity index (χ2n) is 3.43. The van der Waals surface area contributed by atoms with E-state index < -0.39 is 6.10 Å². The van der Waals surface area contributed by atoms with E-state index in [1.54, 1.807) is 12.1 Å². The van der Waals surface area contributed by atoms with Gasteiger partial charge in [-0.15, -0.1) is 0 Å². The van der Waals surface area contributed by atoms with E-state index >= 15 is 0 Å². The molecule has 0 heterocycles. The minimum atomic E-state index is -0.541. The Morgan fingerprint density at radius 3 is 2.93 bits per heavy atom. The van der Waals surface area contributed by atoms with Gasteiger partial charge in [0.1, 0.15) is 0 Å². The van der Waals surface area contributed by atoms with Crippen LogP contribution >= 0.6 is 0 Å². The largest absolute Gasteiger partial charge is 0.390 e. The second kappa shape index (κ2) is 5.35. The standard InChI is InChI=1S/C11H15N3O/c1-14(8-11(15)7-13)10-4-2-3-9(5-10)6-12/h2-5,11,15H,7-8,13H2,1H3. The van der Waals surface area contributed by atoms with Crippen LogP contribution in [-0.4, -0.2) is 31.3 Å². The number of likely N-dealkylation sites (N-methyl/N-ethyl adjacent to an activating group) is 1. The summed E-state index contributed by atoms with van der Waals surface area (Å²) < 4.78 is 0. The summed E-state index contributed by atoms with van der Waals surface area (Å²) in [6.45, 7) is 0.702. The molecule has 15 heavy (non-hydrogen) atoms. The third-order valence-electron chi connectivity index (χ3n) is 2.17. The number of anilines is 1. The normalized spacial score (nSPS) is 11.9. The van der Waals surface area contributed by atoms with Crippen molar-refractivity contribution in [3.63, 3.8) is 0 Å². The molecule has 0 aromatic heterocycles. The molecule has 80 valence electrons. The Labute approximate surface area is 89.5 Å². The highest BCUT2D eigenvalue weighted by molar-refractivity contribution is 5.50. The summed E-state index contributed by atoms with van der Waals surface area (Å²) in [6, 6.07) is 9.31. The van der Waals surface area contributed by atoms with Crippen LogP contribution < -0.4 is 10.6 Å². The number of hydrogen-bond acceptors (Lipinski definition) is 4. The van der Waals surface area contributed by atoms with E-state index in [0.717, 1.165) is 5.69 Å². The molecule has 0 aliphatic rings. The molecule has 1 rings (SSSR count). The number of nitrogens with zero attached hydrogens (tertiary/aromatic N) is 2. The summed E-state index contributed by atoms with van der Waals surface area (Å²) in [5.41, 5.74) is 6.84. The van der Waals surface area contributed by atoms with Gasteiger partial charge in [0, 0.05) is 25.8 Å². The van der Waals surface area contributed by atoms with E-state index in [1.165, 1.54) is 0 Å². The van der Waals surface area contributed by atoms with Crippen molar-refractivity contribution >= 4 is 5.69 Å². The Hall–Kier alpha value is -1.57. The van der Waals surface area contributed by atoms with Crippen molar-refractivity contribution in [2.45, 2.75) is 6.10 Å². The van der Waals surface area contributed by atoms with Gasteiger partial charge >= 0.3 is 0 Å². The average molecular weight is 205 g/mol. The molecular weight excluding hydrogens is 190 g/mol. The number of aliphatic hydroxyl groups excluding tert-OH is 1. The van der Waals surface area contributed by atoms with Crippen LogP contribution in [-0.2, 0) is 0 Å². The predicted octanol–water partition coefficient (Wildman–Crippen LogP) is 0.314. The Balaban J connectivity index is 2.73.